The van der Waals surface area contributed by atoms with Crippen molar-refractivity contribution in [1.29, 1.82) is 0 Å². The number of rotatable bonds is 3. The first-order valence-electron chi connectivity index (χ1n) is 7.76. The highest BCUT2D eigenvalue weighted by Crippen LogP contribution is 2.37. The maximum atomic E-state index is 3.90. The van der Waals surface area contributed by atoms with E-state index in [4.69, 9.17) is 0 Å². The summed E-state index contributed by atoms with van der Waals surface area (Å²) in [7, 11) is 2.24. The van der Waals surface area contributed by atoms with Crippen LogP contribution in [0.2, 0.25) is 0 Å². The molecule has 0 amide bonds. The van der Waals surface area contributed by atoms with E-state index in [1.54, 1.807) is 10.4 Å². The van der Waals surface area contributed by atoms with E-state index in [0.29, 0.717) is 11.5 Å². The molecule has 0 aromatic carbocycles. The average molecular weight is 404 g/mol. The molecule has 2 aliphatic rings. The molecular formula is C16H25IN2S. The van der Waals surface area contributed by atoms with E-state index in [0.717, 1.165) is 0 Å². The number of hydrogen-bond acceptors (Lipinski definition) is 3. The lowest BCUT2D eigenvalue weighted by molar-refractivity contribution is 0.132. The molecule has 20 heavy (non-hydrogen) atoms. The molecule has 2 heterocycles. The van der Waals surface area contributed by atoms with E-state index in [2.05, 4.69) is 52.8 Å². The third kappa shape index (κ3) is 3.39. The van der Waals surface area contributed by atoms with Gasteiger partial charge in [0.2, 0.25) is 0 Å². The molecule has 0 radical (unpaired) electrons. The molecule has 0 spiro atoms. The molecule has 1 aromatic heterocycles. The fraction of sp³-hybridized carbons (Fsp3) is 0.750. The Balaban J connectivity index is 1.62. The highest BCUT2D eigenvalue weighted by atomic mass is 127. The lowest BCUT2D eigenvalue weighted by atomic mass is 9.80. The van der Waals surface area contributed by atoms with Crippen LogP contribution in [0.5, 0.6) is 0 Å². The van der Waals surface area contributed by atoms with Crippen molar-refractivity contribution in [3.05, 3.63) is 19.4 Å². The molecule has 4 heteroatoms. The smallest absolute Gasteiger partial charge is 0.0659 e. The van der Waals surface area contributed by atoms with Crippen LogP contribution >= 0.6 is 33.9 Å². The Hall–Kier alpha value is 0.350. The van der Waals surface area contributed by atoms with Crippen LogP contribution in [-0.2, 0) is 6.42 Å². The molecule has 3 rings (SSSR count). The molecule has 0 saturated carbocycles. The fourth-order valence-electron chi connectivity index (χ4n) is 3.44. The summed E-state index contributed by atoms with van der Waals surface area (Å²) in [5.74, 6) is 0. The molecule has 1 aliphatic heterocycles. The van der Waals surface area contributed by atoms with Gasteiger partial charge in [-0.25, -0.2) is 0 Å². The molecule has 0 bridgehead atoms. The van der Waals surface area contributed by atoms with Crippen molar-refractivity contribution in [2.24, 2.45) is 5.41 Å². The number of nitrogens with one attached hydrogen (secondary N) is 1. The summed E-state index contributed by atoms with van der Waals surface area (Å²) in [4.78, 5) is 4.09. The van der Waals surface area contributed by atoms with Crippen LogP contribution in [0, 0.1) is 8.30 Å². The normalized spacial score (nSPS) is 26.4. The molecule has 1 fully saturated rings. The standard InChI is InChI=1S/C16H25IN2S/c1-16(6-8-19(2)9-7-16)11-18-13-4-3-5-14-12(13)10-15(17)20-14/h10,13,18H,3-9,11H2,1-2H3. The monoisotopic (exact) mass is 404 g/mol. The Kier molecular flexibility index (Phi) is 4.75. The summed E-state index contributed by atoms with van der Waals surface area (Å²) >= 11 is 4.47. The van der Waals surface area contributed by atoms with Crippen LogP contribution in [0.4, 0.5) is 0 Å². The third-order valence-electron chi connectivity index (χ3n) is 5.05. The van der Waals surface area contributed by atoms with Gasteiger partial charge in [0.15, 0.2) is 0 Å². The summed E-state index contributed by atoms with van der Waals surface area (Å²) in [6, 6.07) is 3.02. The van der Waals surface area contributed by atoms with E-state index >= 15 is 0 Å². The van der Waals surface area contributed by atoms with Gasteiger partial charge in [-0.05, 0) is 91.9 Å². The number of aryl methyl sites for hydroxylation is 1. The number of piperidine rings is 1. The number of likely N-dealkylation sites (tertiary alicyclic amines) is 1. The van der Waals surface area contributed by atoms with Crippen molar-refractivity contribution in [2.45, 2.75) is 45.1 Å². The predicted octanol–water partition coefficient (Wildman–Crippen LogP) is 4.05. The summed E-state index contributed by atoms with van der Waals surface area (Å²) < 4.78 is 1.45. The van der Waals surface area contributed by atoms with Crippen molar-refractivity contribution in [3.8, 4) is 0 Å². The molecule has 1 aliphatic carbocycles. The lowest BCUT2D eigenvalue weighted by Crippen LogP contribution is -2.43. The van der Waals surface area contributed by atoms with Gasteiger partial charge < -0.3 is 10.2 Å². The van der Waals surface area contributed by atoms with Crippen LogP contribution in [0.1, 0.15) is 49.1 Å². The molecule has 1 aromatic rings. The Morgan fingerprint density at radius 1 is 1.45 bits per heavy atom. The van der Waals surface area contributed by atoms with Crippen molar-refractivity contribution in [3.63, 3.8) is 0 Å². The van der Waals surface area contributed by atoms with Gasteiger partial charge in [-0.2, -0.15) is 0 Å². The van der Waals surface area contributed by atoms with E-state index in [1.807, 2.05) is 11.3 Å². The minimum Gasteiger partial charge on any atom is -0.309 e. The van der Waals surface area contributed by atoms with Gasteiger partial charge in [0.25, 0.3) is 0 Å². The summed E-state index contributed by atoms with van der Waals surface area (Å²) in [6.07, 6.45) is 6.62. The second-order valence-electron chi connectivity index (χ2n) is 6.87. The zero-order chi connectivity index (χ0) is 14.2. The van der Waals surface area contributed by atoms with Crippen LogP contribution in [0.15, 0.2) is 6.07 Å². The number of halogens is 1. The first kappa shape index (κ1) is 15.3. The van der Waals surface area contributed by atoms with Gasteiger partial charge >= 0.3 is 0 Å². The number of hydrogen-bond donors (Lipinski definition) is 1. The molecule has 1 unspecified atom stereocenters. The van der Waals surface area contributed by atoms with Crippen LogP contribution in [-0.4, -0.2) is 31.6 Å². The third-order valence-corrected chi connectivity index (χ3v) is 7.02. The highest BCUT2D eigenvalue weighted by molar-refractivity contribution is 14.1. The first-order chi connectivity index (χ1) is 9.56. The van der Waals surface area contributed by atoms with Crippen LogP contribution in [0.25, 0.3) is 0 Å². The van der Waals surface area contributed by atoms with Gasteiger partial charge in [0.1, 0.15) is 0 Å². The highest BCUT2D eigenvalue weighted by Gasteiger charge is 2.30. The SMILES string of the molecule is CN1CCC(C)(CNC2CCCc3sc(I)cc32)CC1. The van der Waals surface area contributed by atoms with E-state index in [-0.39, 0.29) is 0 Å². The van der Waals surface area contributed by atoms with E-state index in [1.165, 1.54) is 54.6 Å². The second kappa shape index (κ2) is 6.23. The van der Waals surface area contributed by atoms with Crippen molar-refractivity contribution in [2.75, 3.05) is 26.7 Å². The zero-order valence-electron chi connectivity index (χ0n) is 12.5. The Morgan fingerprint density at radius 2 is 2.20 bits per heavy atom. The molecule has 1 atom stereocenters. The van der Waals surface area contributed by atoms with Gasteiger partial charge in [-0.3, -0.25) is 0 Å². The van der Waals surface area contributed by atoms with Crippen molar-refractivity contribution >= 4 is 33.9 Å². The van der Waals surface area contributed by atoms with Crippen molar-refractivity contribution < 1.29 is 0 Å². The van der Waals surface area contributed by atoms with Gasteiger partial charge in [-0.1, -0.05) is 6.92 Å². The van der Waals surface area contributed by atoms with Crippen LogP contribution in [0.3, 0.4) is 0 Å². The lowest BCUT2D eigenvalue weighted by Gasteiger charge is -2.39. The Labute approximate surface area is 140 Å². The minimum atomic E-state index is 0.493. The summed E-state index contributed by atoms with van der Waals surface area (Å²) in [5.41, 5.74) is 2.09. The van der Waals surface area contributed by atoms with Crippen molar-refractivity contribution in [1.82, 2.24) is 10.2 Å². The maximum Gasteiger partial charge on any atom is 0.0659 e. The maximum absolute atomic E-state index is 3.90. The van der Waals surface area contributed by atoms with Gasteiger partial charge in [-0.15, -0.1) is 11.3 Å². The number of thiophene rings is 1. The summed E-state index contributed by atoms with van der Waals surface area (Å²) in [5, 5.41) is 3.90. The quantitative estimate of drug-likeness (QED) is 0.765. The summed E-state index contributed by atoms with van der Waals surface area (Å²) in [6.45, 7) is 6.15. The zero-order valence-corrected chi connectivity index (χ0v) is 15.5. The largest absolute Gasteiger partial charge is 0.309 e. The molecular weight excluding hydrogens is 379 g/mol. The Morgan fingerprint density at radius 3 is 2.95 bits per heavy atom. The van der Waals surface area contributed by atoms with Gasteiger partial charge in [0.05, 0.1) is 2.88 Å². The molecule has 2 nitrogen and oxygen atoms in total. The van der Waals surface area contributed by atoms with E-state index in [9.17, 15) is 0 Å². The average Bonchev–Trinajstić information content (AvgIpc) is 2.81. The molecule has 112 valence electrons. The van der Waals surface area contributed by atoms with Gasteiger partial charge in [0, 0.05) is 17.5 Å². The second-order valence-corrected chi connectivity index (χ2v) is 9.90. The topological polar surface area (TPSA) is 15.3 Å². The molecule has 1 saturated heterocycles. The predicted molar refractivity (Wildman–Crippen MR) is 95.6 cm³/mol. The van der Waals surface area contributed by atoms with E-state index < -0.39 is 0 Å². The Bertz CT molecular complexity index is 463. The van der Waals surface area contributed by atoms with Crippen LogP contribution < -0.4 is 5.32 Å². The number of nitrogens with zero attached hydrogens (tertiary/aromatic N) is 1. The number of fused-ring (bicyclic) bond motifs is 1. The fourth-order valence-corrected chi connectivity index (χ4v) is 5.56. The first-order valence-corrected chi connectivity index (χ1v) is 9.65. The molecule has 1 N–H and O–H groups in total. The minimum absolute atomic E-state index is 0.493.